The maximum absolute atomic E-state index is 5.92. The van der Waals surface area contributed by atoms with Crippen molar-refractivity contribution in [2.45, 2.75) is 18.2 Å². The molecule has 1 atom stereocenters. The van der Waals surface area contributed by atoms with Crippen LogP contribution in [0.15, 0.2) is 0 Å². The van der Waals surface area contributed by atoms with Crippen LogP contribution in [0.4, 0.5) is 0 Å². The van der Waals surface area contributed by atoms with Crippen molar-refractivity contribution in [2.24, 2.45) is 0 Å². The van der Waals surface area contributed by atoms with E-state index in [0.29, 0.717) is 5.28 Å². The third kappa shape index (κ3) is 4.46. The van der Waals surface area contributed by atoms with E-state index in [9.17, 15) is 0 Å². The molecule has 9 heteroatoms. The Morgan fingerprint density at radius 3 is 1.85 bits per heavy atom. The smallest absolute Gasteiger partial charge is 0.276 e. The molecule has 2 radical (unpaired) electrons. The summed E-state index contributed by atoms with van der Waals surface area (Å²) >= 11 is 28.2. The lowest BCUT2D eigenvalue weighted by Gasteiger charge is -2.34. The molecule has 0 aromatic rings. The molecule has 1 unspecified atom stereocenters. The highest BCUT2D eigenvalue weighted by atomic mass is 35.6. The van der Waals surface area contributed by atoms with Crippen molar-refractivity contribution in [3.63, 3.8) is 0 Å². The van der Waals surface area contributed by atoms with E-state index in [1.165, 1.54) is 0 Å². The Hall–Kier alpha value is 3.09. The largest absolute Gasteiger partial charge is 0.414 e. The van der Waals surface area contributed by atoms with Crippen molar-refractivity contribution in [1.29, 1.82) is 0 Å². The summed E-state index contributed by atoms with van der Waals surface area (Å²) in [6.07, 6.45) is 0. The Balaban J connectivity index is 4.53. The van der Waals surface area contributed by atoms with Gasteiger partial charge in [0.1, 0.15) is 3.20 Å². The molecule has 0 spiro atoms. The molecule has 74 valence electrons. The highest BCUT2D eigenvalue weighted by Gasteiger charge is 2.51. The van der Waals surface area contributed by atoms with Gasteiger partial charge in [-0.05, 0) is 0 Å². The summed E-state index contributed by atoms with van der Waals surface area (Å²) in [6.45, 7) is 0. The molecule has 0 aliphatic carbocycles. The second-order valence-corrected chi connectivity index (χ2v) is 9.69. The van der Waals surface area contributed by atoms with Gasteiger partial charge in [0, 0.05) is 0 Å². The van der Waals surface area contributed by atoms with Gasteiger partial charge in [-0.1, -0.05) is 28.5 Å². The van der Waals surface area contributed by atoms with Crippen LogP contribution in [0.1, 0.15) is 0 Å². The van der Waals surface area contributed by atoms with Gasteiger partial charge in [0.25, 0.3) is 0 Å². The van der Waals surface area contributed by atoms with E-state index in [4.69, 9.17) is 78.1 Å². The molecule has 0 aromatic carbocycles. The first-order chi connectivity index (χ1) is 5.79. The van der Waals surface area contributed by atoms with Gasteiger partial charge < -0.3 is 0 Å². The van der Waals surface area contributed by atoms with Crippen LogP contribution < -0.4 is 0 Å². The molecule has 0 bridgehead atoms. The Bertz CT molecular complexity index is 161. The summed E-state index contributed by atoms with van der Waals surface area (Å²) in [4.78, 5) is 0. The molecule has 0 aliphatic heterocycles. The van der Waals surface area contributed by atoms with Gasteiger partial charge in [-0.25, -0.2) is 0 Å². The molecular weight excluding hydrogens is 350 g/mol. The zero-order valence-corrected chi connectivity index (χ0v) is 13.7. The maximum Gasteiger partial charge on any atom is 0.414 e. The normalized spacial score (nSPS) is 15.3. The number of hydrogen-bond donors (Lipinski definition) is 0. The lowest BCUT2D eigenvalue weighted by molar-refractivity contribution is 0.765. The second-order valence-electron chi connectivity index (χ2n) is 2.21. The number of hydrogen-bond acceptors (Lipinski definition) is 0. The first-order valence-corrected chi connectivity index (χ1v) is 9.89. The van der Waals surface area contributed by atoms with E-state index < -0.39 is 27.2 Å². The van der Waals surface area contributed by atoms with Crippen LogP contribution in [0.3, 0.4) is 0 Å². The Labute approximate surface area is 123 Å². The van der Waals surface area contributed by atoms with Crippen molar-refractivity contribution in [3.05, 3.63) is 0 Å². The van der Waals surface area contributed by atoms with Crippen molar-refractivity contribution in [3.8, 4) is 0 Å². The van der Waals surface area contributed by atoms with Crippen molar-refractivity contribution in [2.75, 3.05) is 0 Å². The predicted molar refractivity (Wildman–Crippen MR) is 66.5 cm³/mol. The van der Waals surface area contributed by atoms with E-state index in [2.05, 4.69) is 0 Å². The van der Waals surface area contributed by atoms with Crippen LogP contribution in [0.5, 0.6) is 0 Å². The van der Waals surface area contributed by atoms with E-state index in [1.807, 2.05) is 0 Å². The molecule has 0 fully saturated rings. The standard InChI is InChI=1S/C4H3Cl5.2Al.2ClH/c1-2(5)4(8,9)3(6)7;;;;/h2H,1H2;;;2*1H/q;2*+1;;/p-2. The van der Waals surface area contributed by atoms with E-state index in [0.717, 1.165) is 0 Å². The third-order valence-electron chi connectivity index (χ3n) is 1.27. The summed E-state index contributed by atoms with van der Waals surface area (Å²) in [5.41, 5.74) is 0. The molecule has 0 saturated heterocycles. The highest BCUT2D eigenvalue weighted by Crippen LogP contribution is 2.47. The Kier molecular flexibility index (Phi) is 8.34. The lowest BCUT2D eigenvalue weighted by atomic mass is 10.3. The van der Waals surface area contributed by atoms with Crippen LogP contribution in [0.25, 0.3) is 0 Å². The zero-order chi connectivity index (χ0) is 10.7. The average molecular weight is 353 g/mol. The van der Waals surface area contributed by atoms with Gasteiger partial charge in [0.2, 0.25) is 0 Å². The first kappa shape index (κ1) is 16.1. The van der Waals surface area contributed by atoms with Crippen LogP contribution in [0, 0.1) is 0 Å². The minimum atomic E-state index is -1.46. The van der Waals surface area contributed by atoms with Gasteiger partial charge in [-0.2, -0.15) is 0 Å². The first-order valence-electron chi connectivity index (χ1n) is 3.05. The van der Waals surface area contributed by atoms with Gasteiger partial charge >= 0.3 is 28.6 Å². The minimum absolute atomic E-state index is 0.323. The van der Waals surface area contributed by atoms with Gasteiger partial charge in [-0.3, -0.25) is 20.1 Å². The monoisotopic (exact) mass is 350 g/mol. The lowest BCUT2D eigenvalue weighted by Crippen LogP contribution is -2.46. The molecule has 0 saturated carbocycles. The summed E-state index contributed by atoms with van der Waals surface area (Å²) < 4.78 is -2.85. The Morgan fingerprint density at radius 1 is 1.08 bits per heavy atom. The van der Waals surface area contributed by atoms with Crippen LogP contribution >= 0.6 is 78.1 Å². The number of alkyl halides is 5. The predicted octanol–water partition coefficient (Wildman–Crippen LogP) is 4.03. The van der Waals surface area contributed by atoms with Gasteiger partial charge in [-0.15, -0.1) is 34.8 Å². The molecule has 0 heterocycles. The van der Waals surface area contributed by atoms with Crippen LogP contribution in [0.2, 0.25) is 5.28 Å². The fourth-order valence-electron chi connectivity index (χ4n) is 0.508. The summed E-state index contributed by atoms with van der Waals surface area (Å²) in [5, 5.41) is -0.0993. The molecule has 0 rings (SSSR count). The second kappa shape index (κ2) is 6.74. The molecule has 0 aromatic heterocycles. The summed E-state index contributed by atoms with van der Waals surface area (Å²) in [6, 6.07) is 0. The quantitative estimate of drug-likeness (QED) is 0.517. The number of halogens is 7. The van der Waals surface area contributed by atoms with Crippen LogP contribution in [-0.2, 0) is 0 Å². The van der Waals surface area contributed by atoms with Crippen LogP contribution in [-0.4, -0.2) is 41.5 Å². The Morgan fingerprint density at radius 2 is 1.54 bits per heavy atom. The fourth-order valence-corrected chi connectivity index (χ4v) is 4.75. The average Bonchev–Trinajstić information content (AvgIpc) is 2.04. The topological polar surface area (TPSA) is 0 Å². The van der Waals surface area contributed by atoms with Gasteiger partial charge in [0.05, 0.1) is 5.38 Å². The number of rotatable bonds is 5. The fraction of sp³-hybridized carbons (Fsp3) is 1.00. The summed E-state index contributed by atoms with van der Waals surface area (Å²) in [5.74, 6) is 0. The molecule has 0 N–H and O–H groups in total. The van der Waals surface area contributed by atoms with Gasteiger partial charge in [0.15, 0.2) is 4.33 Å². The van der Waals surface area contributed by atoms with E-state index in [1.54, 1.807) is 0 Å². The zero-order valence-electron chi connectivity index (χ0n) is 6.08. The summed E-state index contributed by atoms with van der Waals surface area (Å²) in [7, 11) is 11.2. The molecule has 0 aliphatic rings. The highest BCUT2D eigenvalue weighted by molar-refractivity contribution is 7.05. The van der Waals surface area contributed by atoms with E-state index in [-0.39, 0.29) is 14.3 Å². The molecule has 0 amide bonds. The van der Waals surface area contributed by atoms with E-state index >= 15 is 0 Å². The van der Waals surface area contributed by atoms with Crippen molar-refractivity contribution < 1.29 is 0 Å². The van der Waals surface area contributed by atoms with Crippen molar-refractivity contribution >= 4 is 107 Å². The minimum Gasteiger partial charge on any atom is -0.276 e. The third-order valence-corrected chi connectivity index (χ3v) is 8.99. The molecule has 0 nitrogen and oxygen atoms in total. The van der Waals surface area contributed by atoms with Crippen molar-refractivity contribution in [1.82, 2.24) is 0 Å². The maximum atomic E-state index is 5.92. The molecule has 13 heavy (non-hydrogen) atoms. The SMILES string of the molecule is [Cl][Al][CH2]C(Cl)C(Cl)(Cl)[C](Cl)(Cl)[Al][Cl]. The molecular formula is C4H3Al2Cl7.